The maximum absolute atomic E-state index is 12.9. The van der Waals surface area contributed by atoms with E-state index in [9.17, 15) is 40.5 Å². The molecule has 1 rings (SSSR count). The highest BCUT2D eigenvalue weighted by Crippen LogP contribution is 2.23. The third kappa shape index (κ3) is 25.3. The van der Waals surface area contributed by atoms with Crippen molar-refractivity contribution in [1.29, 1.82) is 0 Å². The number of rotatable bonds is 38. The molecule has 0 bridgehead atoms. The minimum Gasteiger partial charge on any atom is -0.394 e. The van der Waals surface area contributed by atoms with E-state index in [-0.39, 0.29) is 6.42 Å². The molecular weight excluding hydrogens is 702 g/mol. The Kier molecular flexibility index (Phi) is 33.3. The number of carbonyl (C=O) groups excluding carboxylic acids is 1. The molecule has 55 heavy (non-hydrogen) atoms. The first-order valence-electron chi connectivity index (χ1n) is 22.9. The highest BCUT2D eigenvalue weighted by molar-refractivity contribution is 5.80. The maximum atomic E-state index is 12.9. The van der Waals surface area contributed by atoms with Gasteiger partial charge in [0.25, 0.3) is 0 Å². The van der Waals surface area contributed by atoms with E-state index in [2.05, 4.69) is 12.2 Å². The Bertz CT molecular complexity index is 866. The van der Waals surface area contributed by atoms with Crippen LogP contribution in [-0.4, -0.2) is 110 Å². The first-order chi connectivity index (χ1) is 26.7. The lowest BCUT2D eigenvalue weighted by atomic mass is 9.98. The molecule has 0 spiro atoms. The molecule has 1 aliphatic heterocycles. The molecule has 1 amide bonds. The van der Waals surface area contributed by atoms with Crippen molar-refractivity contribution in [2.24, 2.45) is 0 Å². The minimum atomic E-state index is -1.65. The molecule has 1 heterocycles. The molecular formula is C44H87NO10. The van der Waals surface area contributed by atoms with Crippen LogP contribution in [0.25, 0.3) is 0 Å². The van der Waals surface area contributed by atoms with Gasteiger partial charge in [-0.05, 0) is 12.8 Å². The highest BCUT2D eigenvalue weighted by atomic mass is 16.7. The van der Waals surface area contributed by atoms with Gasteiger partial charge in [0.2, 0.25) is 5.91 Å². The van der Waals surface area contributed by atoms with E-state index < -0.39 is 74.2 Å². The summed E-state index contributed by atoms with van der Waals surface area (Å²) in [6.07, 6.45) is 24.3. The second-order valence-corrected chi connectivity index (χ2v) is 16.5. The minimum absolute atomic E-state index is 0.264. The SMILES string of the molecule is CCCCCCCCCCCCCCCCCCCCCCCCCCCC(O)C(=O)NC(COC1OC(CO)C(O)C(O)C1O)C(O)C(O)CCCCC. The Balaban J connectivity index is 2.15. The van der Waals surface area contributed by atoms with Crippen LogP contribution in [0.3, 0.4) is 0 Å². The van der Waals surface area contributed by atoms with Gasteiger partial charge >= 0.3 is 0 Å². The van der Waals surface area contributed by atoms with Crippen LogP contribution in [0.15, 0.2) is 0 Å². The Morgan fingerprint density at radius 2 is 0.945 bits per heavy atom. The van der Waals surface area contributed by atoms with Gasteiger partial charge in [-0.2, -0.15) is 0 Å². The number of hydrogen-bond donors (Lipinski definition) is 8. The highest BCUT2D eigenvalue weighted by Gasteiger charge is 2.44. The molecule has 1 saturated heterocycles. The van der Waals surface area contributed by atoms with E-state index in [1.54, 1.807) is 0 Å². The zero-order chi connectivity index (χ0) is 40.5. The maximum Gasteiger partial charge on any atom is 0.249 e. The van der Waals surface area contributed by atoms with Gasteiger partial charge in [0.05, 0.1) is 25.4 Å². The molecule has 0 aromatic rings. The fraction of sp³-hybridized carbons (Fsp3) is 0.977. The number of unbranched alkanes of at least 4 members (excludes halogenated alkanes) is 26. The lowest BCUT2D eigenvalue weighted by Crippen LogP contribution is -2.60. The van der Waals surface area contributed by atoms with Crippen molar-refractivity contribution in [3.8, 4) is 0 Å². The number of nitrogens with one attached hydrogen (secondary N) is 1. The summed E-state index contributed by atoms with van der Waals surface area (Å²) in [6, 6.07) is -1.16. The molecule has 1 aliphatic rings. The topological polar surface area (TPSA) is 189 Å². The van der Waals surface area contributed by atoms with Crippen molar-refractivity contribution in [3.63, 3.8) is 0 Å². The number of carbonyl (C=O) groups is 1. The summed E-state index contributed by atoms with van der Waals surface area (Å²) in [5, 5.41) is 74.6. The summed E-state index contributed by atoms with van der Waals surface area (Å²) in [4.78, 5) is 12.9. The quantitative estimate of drug-likeness (QED) is 0.0300. The molecule has 9 atom stereocenters. The summed E-state index contributed by atoms with van der Waals surface area (Å²) in [5.41, 5.74) is 0. The molecule has 0 aliphatic carbocycles. The van der Waals surface area contributed by atoms with Gasteiger partial charge < -0.3 is 50.5 Å². The average molecular weight is 790 g/mol. The number of hydrogen-bond acceptors (Lipinski definition) is 10. The molecule has 328 valence electrons. The molecule has 0 aromatic heterocycles. The molecule has 9 unspecified atom stereocenters. The molecule has 1 fully saturated rings. The number of aliphatic hydroxyl groups excluding tert-OH is 7. The van der Waals surface area contributed by atoms with Crippen molar-refractivity contribution in [2.45, 2.75) is 262 Å². The summed E-state index contributed by atoms with van der Waals surface area (Å²) in [5.74, 6) is -0.702. The van der Waals surface area contributed by atoms with Crippen LogP contribution in [0.4, 0.5) is 0 Å². The van der Waals surface area contributed by atoms with E-state index in [4.69, 9.17) is 9.47 Å². The lowest BCUT2D eigenvalue weighted by Gasteiger charge is -2.40. The van der Waals surface area contributed by atoms with E-state index >= 15 is 0 Å². The van der Waals surface area contributed by atoms with Crippen molar-refractivity contribution in [2.75, 3.05) is 13.2 Å². The Morgan fingerprint density at radius 1 is 0.564 bits per heavy atom. The van der Waals surface area contributed by atoms with Gasteiger partial charge in [-0.15, -0.1) is 0 Å². The van der Waals surface area contributed by atoms with Crippen molar-refractivity contribution < 1.29 is 50.0 Å². The monoisotopic (exact) mass is 790 g/mol. The molecule has 8 N–H and O–H groups in total. The number of amides is 1. The molecule has 11 heteroatoms. The van der Waals surface area contributed by atoms with Gasteiger partial charge in [-0.25, -0.2) is 0 Å². The van der Waals surface area contributed by atoms with E-state index in [0.717, 1.165) is 32.1 Å². The van der Waals surface area contributed by atoms with Crippen molar-refractivity contribution in [1.82, 2.24) is 5.32 Å². The van der Waals surface area contributed by atoms with Crippen LogP contribution in [0, 0.1) is 0 Å². The number of aliphatic hydroxyl groups is 7. The average Bonchev–Trinajstić information content (AvgIpc) is 3.18. The van der Waals surface area contributed by atoms with Gasteiger partial charge in [0.1, 0.15) is 36.6 Å². The van der Waals surface area contributed by atoms with Crippen LogP contribution in [0.1, 0.15) is 206 Å². The Hall–Kier alpha value is -0.890. The zero-order valence-corrected chi connectivity index (χ0v) is 35.2. The Morgan fingerprint density at radius 3 is 1.36 bits per heavy atom. The summed E-state index contributed by atoms with van der Waals surface area (Å²) in [6.45, 7) is 3.25. The second-order valence-electron chi connectivity index (χ2n) is 16.5. The predicted molar refractivity (Wildman–Crippen MR) is 220 cm³/mol. The van der Waals surface area contributed by atoms with Crippen LogP contribution in [0.5, 0.6) is 0 Å². The van der Waals surface area contributed by atoms with E-state index in [1.165, 1.54) is 135 Å². The van der Waals surface area contributed by atoms with Gasteiger partial charge in [-0.3, -0.25) is 4.79 Å². The molecule has 0 aromatic carbocycles. The van der Waals surface area contributed by atoms with Gasteiger partial charge in [0.15, 0.2) is 6.29 Å². The molecule has 11 nitrogen and oxygen atoms in total. The van der Waals surface area contributed by atoms with Crippen LogP contribution < -0.4 is 5.32 Å². The Labute approximate surface area is 335 Å². The van der Waals surface area contributed by atoms with Crippen molar-refractivity contribution in [3.05, 3.63) is 0 Å². The third-order valence-electron chi connectivity index (χ3n) is 11.4. The smallest absolute Gasteiger partial charge is 0.249 e. The fourth-order valence-electron chi connectivity index (χ4n) is 7.56. The summed E-state index contributed by atoms with van der Waals surface area (Å²) < 4.78 is 11.0. The first-order valence-corrected chi connectivity index (χ1v) is 22.9. The first kappa shape index (κ1) is 52.1. The van der Waals surface area contributed by atoms with Gasteiger partial charge in [0, 0.05) is 0 Å². The fourth-order valence-corrected chi connectivity index (χ4v) is 7.56. The van der Waals surface area contributed by atoms with Gasteiger partial charge in [-0.1, -0.05) is 194 Å². The van der Waals surface area contributed by atoms with Crippen LogP contribution >= 0.6 is 0 Å². The summed E-state index contributed by atoms with van der Waals surface area (Å²) >= 11 is 0. The lowest BCUT2D eigenvalue weighted by molar-refractivity contribution is -0.303. The van der Waals surface area contributed by atoms with Crippen molar-refractivity contribution >= 4 is 5.91 Å². The largest absolute Gasteiger partial charge is 0.394 e. The van der Waals surface area contributed by atoms with E-state index in [0.29, 0.717) is 19.3 Å². The van der Waals surface area contributed by atoms with Crippen LogP contribution in [0.2, 0.25) is 0 Å². The summed E-state index contributed by atoms with van der Waals surface area (Å²) in [7, 11) is 0. The van der Waals surface area contributed by atoms with Crippen LogP contribution in [-0.2, 0) is 14.3 Å². The second kappa shape index (κ2) is 35.1. The number of ether oxygens (including phenoxy) is 2. The normalized spacial score (nSPS) is 22.4. The van der Waals surface area contributed by atoms with E-state index in [1.807, 2.05) is 6.92 Å². The molecule has 0 saturated carbocycles. The predicted octanol–water partition coefficient (Wildman–Crippen LogP) is 7.11. The molecule has 0 radical (unpaired) electrons. The zero-order valence-electron chi connectivity index (χ0n) is 35.2. The third-order valence-corrected chi connectivity index (χ3v) is 11.4. The standard InChI is InChI=1S/C44H87NO10/c1-3-5-7-8-9-10-11-12-13-14-15-16-17-18-19-20-21-22-23-24-25-26-27-28-30-32-37(48)43(53)45-35(39(49)36(47)31-29-6-4-2)34-54-44-42(52)41(51)40(50)38(33-46)55-44/h35-42,44,46-52H,3-34H2,1-2H3,(H,45,53).